The molecule has 0 aliphatic carbocycles. The predicted molar refractivity (Wildman–Crippen MR) is 119 cm³/mol. The monoisotopic (exact) mass is 488 g/mol. The van der Waals surface area contributed by atoms with Gasteiger partial charge in [-0.2, -0.15) is 8.42 Å². The van der Waals surface area contributed by atoms with E-state index >= 15 is 0 Å². The number of halogens is 2. The van der Waals surface area contributed by atoms with Crippen LogP contribution in [-0.2, 0) is 26.2 Å². The SMILES string of the molecule is COC(=O)c1ccc(N(Cc2cccc(Cl)c2Cl)S(=O)(=O)NC(=O)OC(C)(C)C)cc1. The Morgan fingerprint density at radius 1 is 1.06 bits per heavy atom. The van der Waals surface area contributed by atoms with Crippen molar-refractivity contribution < 1.29 is 27.5 Å². The molecule has 8 nitrogen and oxygen atoms in total. The van der Waals surface area contributed by atoms with Crippen LogP contribution < -0.4 is 9.03 Å². The lowest BCUT2D eigenvalue weighted by Crippen LogP contribution is -2.45. The number of ether oxygens (including phenoxy) is 2. The van der Waals surface area contributed by atoms with Crippen molar-refractivity contribution in [2.24, 2.45) is 0 Å². The maximum absolute atomic E-state index is 13.0. The smallest absolute Gasteiger partial charge is 0.422 e. The molecule has 11 heteroatoms. The van der Waals surface area contributed by atoms with Crippen LogP contribution in [0.3, 0.4) is 0 Å². The zero-order valence-electron chi connectivity index (χ0n) is 17.3. The summed E-state index contributed by atoms with van der Waals surface area (Å²) in [4.78, 5) is 23.8. The Morgan fingerprint density at radius 3 is 2.23 bits per heavy atom. The van der Waals surface area contributed by atoms with Gasteiger partial charge in [0.2, 0.25) is 0 Å². The fourth-order valence-corrected chi connectivity index (χ4v) is 3.93. The number of hydrogen-bond donors (Lipinski definition) is 1. The maximum atomic E-state index is 13.0. The van der Waals surface area contributed by atoms with Gasteiger partial charge in [0.25, 0.3) is 0 Å². The number of nitrogens with zero attached hydrogens (tertiary/aromatic N) is 1. The van der Waals surface area contributed by atoms with Crippen LogP contribution in [0.1, 0.15) is 36.7 Å². The van der Waals surface area contributed by atoms with Gasteiger partial charge in [-0.05, 0) is 56.7 Å². The molecule has 0 saturated heterocycles. The van der Waals surface area contributed by atoms with Gasteiger partial charge in [-0.15, -0.1) is 0 Å². The third kappa shape index (κ3) is 6.75. The number of carbonyl (C=O) groups excluding carboxylic acids is 2. The van der Waals surface area contributed by atoms with Gasteiger partial charge in [0.1, 0.15) is 5.60 Å². The van der Waals surface area contributed by atoms with Crippen molar-refractivity contribution in [1.82, 2.24) is 4.72 Å². The van der Waals surface area contributed by atoms with E-state index in [4.69, 9.17) is 27.9 Å². The minimum Gasteiger partial charge on any atom is -0.465 e. The minimum atomic E-state index is -4.42. The van der Waals surface area contributed by atoms with E-state index in [0.717, 1.165) is 4.31 Å². The number of rotatable bonds is 6. The minimum absolute atomic E-state index is 0.166. The molecule has 0 saturated carbocycles. The molecule has 0 aliphatic heterocycles. The van der Waals surface area contributed by atoms with Gasteiger partial charge in [0, 0.05) is 0 Å². The van der Waals surface area contributed by atoms with Crippen LogP contribution in [0.25, 0.3) is 0 Å². The van der Waals surface area contributed by atoms with Crippen LogP contribution in [0.5, 0.6) is 0 Å². The molecule has 0 atom stereocenters. The first-order chi connectivity index (χ1) is 14.3. The van der Waals surface area contributed by atoms with E-state index in [1.807, 2.05) is 4.72 Å². The molecular weight excluding hydrogens is 467 g/mol. The van der Waals surface area contributed by atoms with Crippen molar-refractivity contribution in [3.63, 3.8) is 0 Å². The lowest BCUT2D eigenvalue weighted by atomic mass is 10.2. The van der Waals surface area contributed by atoms with Crippen molar-refractivity contribution >= 4 is 51.2 Å². The molecule has 0 unspecified atom stereocenters. The van der Waals surface area contributed by atoms with Crippen molar-refractivity contribution in [3.05, 3.63) is 63.6 Å². The van der Waals surface area contributed by atoms with E-state index < -0.39 is 27.9 Å². The summed E-state index contributed by atoms with van der Waals surface area (Å²) in [5.74, 6) is -0.578. The van der Waals surface area contributed by atoms with E-state index in [9.17, 15) is 18.0 Å². The summed E-state index contributed by atoms with van der Waals surface area (Å²) in [7, 11) is -3.19. The second-order valence-corrected chi connectivity index (χ2v) is 9.75. The van der Waals surface area contributed by atoms with Crippen LogP contribution in [-0.4, -0.2) is 33.2 Å². The summed E-state index contributed by atoms with van der Waals surface area (Å²) in [6.45, 7) is 4.58. The van der Waals surface area contributed by atoms with Crippen molar-refractivity contribution in [1.29, 1.82) is 0 Å². The largest absolute Gasteiger partial charge is 0.465 e. The summed E-state index contributed by atoms with van der Waals surface area (Å²) >= 11 is 12.3. The molecule has 0 fully saturated rings. The fourth-order valence-electron chi connectivity index (χ4n) is 2.48. The van der Waals surface area contributed by atoms with Gasteiger partial charge in [-0.3, -0.25) is 0 Å². The number of anilines is 1. The Bertz CT molecular complexity index is 1070. The topological polar surface area (TPSA) is 102 Å². The molecule has 0 aromatic heterocycles. The summed E-state index contributed by atoms with van der Waals surface area (Å²) in [6.07, 6.45) is -1.14. The lowest BCUT2D eigenvalue weighted by molar-refractivity contribution is 0.0567. The lowest BCUT2D eigenvalue weighted by Gasteiger charge is -2.26. The Balaban J connectivity index is 2.45. The molecule has 1 amide bonds. The van der Waals surface area contributed by atoms with E-state index in [1.54, 1.807) is 39.0 Å². The molecule has 2 aromatic rings. The average molecular weight is 489 g/mol. The van der Waals surface area contributed by atoms with Crippen LogP contribution in [0.15, 0.2) is 42.5 Å². The van der Waals surface area contributed by atoms with E-state index in [2.05, 4.69) is 4.74 Å². The highest BCUT2D eigenvalue weighted by molar-refractivity contribution is 7.91. The molecule has 2 rings (SSSR count). The number of amides is 1. The van der Waals surface area contributed by atoms with E-state index in [0.29, 0.717) is 5.56 Å². The first-order valence-electron chi connectivity index (χ1n) is 8.99. The quantitative estimate of drug-likeness (QED) is 0.598. The number of hydrogen-bond acceptors (Lipinski definition) is 6. The highest BCUT2D eigenvalue weighted by Gasteiger charge is 2.28. The molecule has 0 radical (unpaired) electrons. The van der Waals surface area contributed by atoms with Crippen LogP contribution in [0, 0.1) is 0 Å². The summed E-state index contributed by atoms with van der Waals surface area (Å²) < 4.78 is 38.6. The maximum Gasteiger partial charge on any atom is 0.422 e. The zero-order chi connectivity index (χ0) is 23.4. The molecule has 0 spiro atoms. The number of esters is 1. The second-order valence-electron chi connectivity index (χ2n) is 7.37. The van der Waals surface area contributed by atoms with Crippen LogP contribution in [0.2, 0.25) is 10.0 Å². The predicted octanol–water partition coefficient (Wildman–Crippen LogP) is 4.56. The van der Waals surface area contributed by atoms with Gasteiger partial charge >= 0.3 is 22.3 Å². The van der Waals surface area contributed by atoms with Gasteiger partial charge in [0.05, 0.1) is 35.0 Å². The molecule has 1 N–H and O–H groups in total. The molecule has 0 bridgehead atoms. The van der Waals surface area contributed by atoms with E-state index in [-0.39, 0.29) is 27.8 Å². The number of carbonyl (C=O) groups is 2. The van der Waals surface area contributed by atoms with Gasteiger partial charge in [-0.25, -0.2) is 18.6 Å². The average Bonchev–Trinajstić information content (AvgIpc) is 2.66. The molecule has 2 aromatic carbocycles. The van der Waals surface area contributed by atoms with Crippen molar-refractivity contribution in [3.8, 4) is 0 Å². The molecule has 0 aliphatic rings. The Labute approximate surface area is 191 Å². The highest BCUT2D eigenvalue weighted by atomic mass is 35.5. The second kappa shape index (κ2) is 9.76. The van der Waals surface area contributed by atoms with Crippen LogP contribution in [0.4, 0.5) is 10.5 Å². The first-order valence-corrected chi connectivity index (χ1v) is 11.2. The number of methoxy groups -OCH3 is 1. The Kier molecular flexibility index (Phi) is 7.80. The van der Waals surface area contributed by atoms with Gasteiger partial charge in [-0.1, -0.05) is 35.3 Å². The van der Waals surface area contributed by atoms with Crippen molar-refractivity contribution in [2.75, 3.05) is 11.4 Å². The van der Waals surface area contributed by atoms with Crippen molar-refractivity contribution in [2.45, 2.75) is 32.9 Å². The van der Waals surface area contributed by atoms with Crippen LogP contribution >= 0.6 is 23.2 Å². The molecule has 31 heavy (non-hydrogen) atoms. The summed E-state index contributed by atoms with van der Waals surface area (Å²) in [5.41, 5.74) is -0.104. The van der Waals surface area contributed by atoms with Gasteiger partial charge in [0.15, 0.2) is 0 Å². The molecular formula is C20H22Cl2N2O6S. The zero-order valence-corrected chi connectivity index (χ0v) is 19.6. The third-order valence-electron chi connectivity index (χ3n) is 3.82. The van der Waals surface area contributed by atoms with E-state index in [1.165, 1.54) is 31.4 Å². The standard InChI is InChI=1S/C20H22Cl2N2O6S/c1-20(2,3)30-19(26)23-31(27,28)24(12-14-6-5-7-16(21)17(14)22)15-10-8-13(9-11-15)18(25)29-4/h5-11H,12H2,1-4H3,(H,23,26). The summed E-state index contributed by atoms with van der Waals surface area (Å²) in [6, 6.07) is 10.4. The molecule has 168 valence electrons. The molecule has 0 heterocycles. The Hall–Kier alpha value is -2.49. The summed E-state index contributed by atoms with van der Waals surface area (Å²) in [5, 5.41) is 0.422. The number of nitrogens with one attached hydrogen (secondary N) is 1. The third-order valence-corrected chi connectivity index (χ3v) is 6.03. The van der Waals surface area contributed by atoms with Gasteiger partial charge < -0.3 is 9.47 Å². The Morgan fingerprint density at radius 2 is 1.68 bits per heavy atom. The number of benzene rings is 2. The fraction of sp³-hybridized carbons (Fsp3) is 0.300. The highest BCUT2D eigenvalue weighted by Crippen LogP contribution is 2.29. The first kappa shape index (κ1) is 24.8. The normalized spacial score (nSPS) is 11.5.